The number of benzene rings is 2. The molecule has 1 atom stereocenters. The molecule has 1 fully saturated rings. The first kappa shape index (κ1) is 23.9. The van der Waals surface area contributed by atoms with Crippen molar-refractivity contribution in [1.82, 2.24) is 9.62 Å². The third-order valence-electron chi connectivity index (χ3n) is 5.61. The first-order chi connectivity index (χ1) is 15.4. The number of nitrogens with one attached hydrogen (secondary N) is 1. The fourth-order valence-corrected chi connectivity index (χ4v) is 5.57. The molecule has 0 spiro atoms. The van der Waals surface area contributed by atoms with E-state index < -0.39 is 16.1 Å². The molecule has 2 aromatic carbocycles. The van der Waals surface area contributed by atoms with Gasteiger partial charge in [-0.25, -0.2) is 0 Å². The number of hydrogen-bond donors (Lipinski definition) is 1. The van der Waals surface area contributed by atoms with Crippen LogP contribution in [0.15, 0.2) is 48.5 Å². The van der Waals surface area contributed by atoms with Crippen LogP contribution >= 0.6 is 0 Å². The lowest BCUT2D eigenvalue weighted by atomic mass is 9.99. The quantitative estimate of drug-likeness (QED) is 0.620. The van der Waals surface area contributed by atoms with Crippen LogP contribution in [0.2, 0.25) is 0 Å². The molecule has 1 amide bonds. The fraction of sp³-hybridized carbons (Fsp3) is 0.435. The molecule has 3 rings (SSSR count). The number of methoxy groups -OCH3 is 2. The monoisotopic (exact) mass is 461 g/mol. The van der Waals surface area contributed by atoms with E-state index in [-0.39, 0.29) is 19.0 Å². The smallest absolute Gasteiger partial charge is 0.304 e. The summed E-state index contributed by atoms with van der Waals surface area (Å²) in [5.74, 6) is 0.858. The number of nitrogens with zero attached hydrogens (tertiary/aromatic N) is 2. The Morgan fingerprint density at radius 1 is 1.12 bits per heavy atom. The molecule has 8 nitrogen and oxygen atoms in total. The predicted octanol–water partition coefficient (Wildman–Crippen LogP) is 2.80. The zero-order valence-electron chi connectivity index (χ0n) is 18.8. The first-order valence-electron chi connectivity index (χ1n) is 10.7. The minimum atomic E-state index is -3.76. The first-order valence-corrected chi connectivity index (χ1v) is 12.1. The molecular weight excluding hydrogens is 430 g/mol. The molecule has 0 radical (unpaired) electrons. The highest BCUT2D eigenvalue weighted by Gasteiger charge is 2.35. The van der Waals surface area contributed by atoms with Crippen LogP contribution in [0.4, 0.5) is 5.69 Å². The SMILES string of the molecule is CCN(c1ccc(OC)cc1)S(=O)(=O)N1CCC[C@H](C(=O)NCc2cccc(OC)c2)C1. The number of carbonyl (C=O) groups excluding carboxylic acids is 1. The van der Waals surface area contributed by atoms with Crippen LogP contribution in [0.3, 0.4) is 0 Å². The second-order valence-electron chi connectivity index (χ2n) is 7.64. The van der Waals surface area contributed by atoms with Gasteiger partial charge in [-0.15, -0.1) is 0 Å². The maximum atomic E-state index is 13.4. The van der Waals surface area contributed by atoms with Crippen molar-refractivity contribution in [3.05, 3.63) is 54.1 Å². The van der Waals surface area contributed by atoms with E-state index in [9.17, 15) is 13.2 Å². The zero-order valence-corrected chi connectivity index (χ0v) is 19.6. The minimum Gasteiger partial charge on any atom is -0.497 e. The van der Waals surface area contributed by atoms with Crippen LogP contribution in [0.1, 0.15) is 25.3 Å². The van der Waals surface area contributed by atoms with Gasteiger partial charge in [-0.2, -0.15) is 12.7 Å². The zero-order chi connectivity index (χ0) is 23.1. The van der Waals surface area contributed by atoms with Gasteiger partial charge in [0.25, 0.3) is 0 Å². The maximum absolute atomic E-state index is 13.4. The Morgan fingerprint density at radius 3 is 2.50 bits per heavy atom. The number of ether oxygens (including phenoxy) is 2. The number of carbonyl (C=O) groups is 1. The van der Waals surface area contributed by atoms with Gasteiger partial charge in [0.1, 0.15) is 11.5 Å². The Labute approximate surface area is 190 Å². The lowest BCUT2D eigenvalue weighted by Gasteiger charge is -2.35. The molecule has 1 saturated heterocycles. The van der Waals surface area contributed by atoms with E-state index in [0.29, 0.717) is 37.4 Å². The summed E-state index contributed by atoms with van der Waals surface area (Å²) in [5, 5.41) is 2.94. The number of rotatable bonds is 9. The molecule has 1 aliphatic rings. The summed E-state index contributed by atoms with van der Waals surface area (Å²) >= 11 is 0. The standard InChI is InChI=1S/C23H31N3O5S/c1-4-26(20-10-12-21(30-2)13-11-20)32(28,29)25-14-6-8-19(17-25)23(27)24-16-18-7-5-9-22(15-18)31-3/h5,7,9-13,15,19H,4,6,8,14,16-17H2,1-3H3,(H,24,27)/t19-/m0/s1. The van der Waals surface area contributed by atoms with E-state index in [2.05, 4.69) is 5.32 Å². The molecule has 1 N–H and O–H groups in total. The second kappa shape index (κ2) is 10.7. The average molecular weight is 462 g/mol. The molecule has 2 aromatic rings. The van der Waals surface area contributed by atoms with Crippen molar-refractivity contribution in [3.63, 3.8) is 0 Å². The van der Waals surface area contributed by atoms with Crippen LogP contribution in [-0.2, 0) is 21.5 Å². The molecular formula is C23H31N3O5S. The summed E-state index contributed by atoms with van der Waals surface area (Å²) in [7, 11) is -0.597. The molecule has 1 aliphatic heterocycles. The van der Waals surface area contributed by atoms with Gasteiger partial charge in [0.05, 0.1) is 25.8 Å². The lowest BCUT2D eigenvalue weighted by molar-refractivity contribution is -0.126. The molecule has 9 heteroatoms. The van der Waals surface area contributed by atoms with Crippen molar-refractivity contribution in [2.75, 3.05) is 38.2 Å². The Kier molecular flexibility index (Phi) is 7.98. The van der Waals surface area contributed by atoms with Gasteiger partial charge in [-0.1, -0.05) is 12.1 Å². The average Bonchev–Trinajstić information content (AvgIpc) is 2.83. The van der Waals surface area contributed by atoms with Crippen LogP contribution in [0.25, 0.3) is 0 Å². The Balaban J connectivity index is 1.66. The number of piperidine rings is 1. The summed E-state index contributed by atoms with van der Waals surface area (Å²) < 4.78 is 39.9. The topological polar surface area (TPSA) is 88.2 Å². The molecule has 1 heterocycles. The summed E-state index contributed by atoms with van der Waals surface area (Å²) in [5.41, 5.74) is 1.49. The molecule has 32 heavy (non-hydrogen) atoms. The predicted molar refractivity (Wildman–Crippen MR) is 124 cm³/mol. The van der Waals surface area contributed by atoms with Gasteiger partial charge in [-0.05, 0) is 61.7 Å². The third kappa shape index (κ3) is 5.52. The van der Waals surface area contributed by atoms with Crippen molar-refractivity contribution in [2.45, 2.75) is 26.3 Å². The summed E-state index contributed by atoms with van der Waals surface area (Å²) in [6.07, 6.45) is 1.29. The molecule has 0 saturated carbocycles. The summed E-state index contributed by atoms with van der Waals surface area (Å²) in [4.78, 5) is 12.8. The Hall–Kier alpha value is -2.78. The van der Waals surface area contributed by atoms with Crippen LogP contribution in [0.5, 0.6) is 11.5 Å². The lowest BCUT2D eigenvalue weighted by Crippen LogP contribution is -2.50. The normalized spacial score (nSPS) is 16.9. The third-order valence-corrected chi connectivity index (χ3v) is 7.62. The molecule has 174 valence electrons. The maximum Gasteiger partial charge on any atom is 0.304 e. The fourth-order valence-electron chi connectivity index (χ4n) is 3.85. The molecule has 0 unspecified atom stereocenters. The van der Waals surface area contributed by atoms with Gasteiger partial charge in [0, 0.05) is 26.2 Å². The molecule has 0 bridgehead atoms. The van der Waals surface area contributed by atoms with Crippen molar-refractivity contribution in [2.24, 2.45) is 5.92 Å². The Morgan fingerprint density at radius 2 is 1.84 bits per heavy atom. The van der Waals surface area contributed by atoms with E-state index in [1.54, 1.807) is 45.4 Å². The highest BCUT2D eigenvalue weighted by molar-refractivity contribution is 7.90. The van der Waals surface area contributed by atoms with Crippen molar-refractivity contribution in [3.8, 4) is 11.5 Å². The van der Waals surface area contributed by atoms with Gasteiger partial charge < -0.3 is 14.8 Å². The largest absolute Gasteiger partial charge is 0.497 e. The summed E-state index contributed by atoms with van der Waals surface area (Å²) in [6.45, 7) is 3.02. The number of amides is 1. The van der Waals surface area contributed by atoms with Gasteiger partial charge in [0.2, 0.25) is 5.91 Å². The van der Waals surface area contributed by atoms with E-state index in [1.807, 2.05) is 24.3 Å². The van der Waals surface area contributed by atoms with Crippen molar-refractivity contribution in [1.29, 1.82) is 0 Å². The van der Waals surface area contributed by atoms with E-state index in [1.165, 1.54) is 8.61 Å². The number of anilines is 1. The van der Waals surface area contributed by atoms with Crippen LogP contribution < -0.4 is 19.1 Å². The highest BCUT2D eigenvalue weighted by Crippen LogP contribution is 2.27. The highest BCUT2D eigenvalue weighted by atomic mass is 32.2. The van der Waals surface area contributed by atoms with Gasteiger partial charge >= 0.3 is 10.2 Å². The van der Waals surface area contributed by atoms with E-state index >= 15 is 0 Å². The van der Waals surface area contributed by atoms with Crippen LogP contribution in [0, 0.1) is 5.92 Å². The van der Waals surface area contributed by atoms with Crippen LogP contribution in [-0.4, -0.2) is 52.5 Å². The van der Waals surface area contributed by atoms with E-state index in [0.717, 1.165) is 11.3 Å². The molecule has 0 aliphatic carbocycles. The minimum absolute atomic E-state index is 0.139. The van der Waals surface area contributed by atoms with Crippen molar-refractivity contribution < 1.29 is 22.7 Å². The van der Waals surface area contributed by atoms with Gasteiger partial charge in [0.15, 0.2) is 0 Å². The van der Waals surface area contributed by atoms with Gasteiger partial charge in [-0.3, -0.25) is 9.10 Å². The second-order valence-corrected chi connectivity index (χ2v) is 9.49. The molecule has 0 aromatic heterocycles. The van der Waals surface area contributed by atoms with Crippen molar-refractivity contribution >= 4 is 21.8 Å². The summed E-state index contributed by atoms with van der Waals surface area (Å²) in [6, 6.07) is 14.4. The van der Waals surface area contributed by atoms with E-state index in [4.69, 9.17) is 9.47 Å². The number of hydrogen-bond acceptors (Lipinski definition) is 5. The Bertz CT molecular complexity index is 1010.